The molecule has 1 aliphatic carbocycles. The molecule has 0 radical (unpaired) electrons. The maximum absolute atomic E-state index is 11.0. The third-order valence-corrected chi connectivity index (χ3v) is 7.06. The van der Waals surface area contributed by atoms with E-state index in [9.17, 15) is 4.79 Å². The molecule has 4 heterocycles. The molecule has 7 heteroatoms. The molecule has 0 aromatic carbocycles. The van der Waals surface area contributed by atoms with Crippen molar-refractivity contribution in [2.45, 2.75) is 44.9 Å². The molecule has 2 N–H and O–H groups in total. The van der Waals surface area contributed by atoms with Crippen LogP contribution in [0, 0.1) is 11.3 Å². The average molecular weight is 406 g/mol. The number of H-pyrrole nitrogens is 1. The van der Waals surface area contributed by atoms with Crippen molar-refractivity contribution in [3.05, 3.63) is 36.7 Å². The van der Waals surface area contributed by atoms with Crippen molar-refractivity contribution in [3.8, 4) is 11.4 Å². The van der Waals surface area contributed by atoms with Gasteiger partial charge in [0.15, 0.2) is 5.65 Å². The number of fused-ring (bicyclic) bond motifs is 1. The third-order valence-electron chi connectivity index (χ3n) is 7.06. The lowest BCUT2D eigenvalue weighted by molar-refractivity contribution is -0.138. The number of pyridine rings is 2. The Kier molecular flexibility index (Phi) is 4.89. The number of hydrogen-bond donors (Lipinski definition) is 2. The maximum atomic E-state index is 11.0. The summed E-state index contributed by atoms with van der Waals surface area (Å²) in [5.41, 5.74) is 3.01. The van der Waals surface area contributed by atoms with E-state index in [1.807, 2.05) is 18.3 Å². The highest BCUT2D eigenvalue weighted by atomic mass is 16.4. The lowest BCUT2D eigenvalue weighted by atomic mass is 9.65. The van der Waals surface area contributed by atoms with Crippen LogP contribution in [-0.4, -0.2) is 44.1 Å². The fourth-order valence-corrected chi connectivity index (χ4v) is 5.15. The summed E-state index contributed by atoms with van der Waals surface area (Å²) in [5, 5.41) is 9.03. The number of piperidine rings is 1. The molecule has 5 rings (SSSR count). The second-order valence-electron chi connectivity index (χ2n) is 8.89. The highest BCUT2D eigenvalue weighted by Crippen LogP contribution is 2.47. The second-order valence-corrected chi connectivity index (χ2v) is 8.89. The van der Waals surface area contributed by atoms with Gasteiger partial charge in [0.05, 0.1) is 5.52 Å². The molecule has 1 saturated carbocycles. The van der Waals surface area contributed by atoms with Gasteiger partial charge in [0.2, 0.25) is 0 Å². The Hall–Kier alpha value is -2.96. The standard InChI is InChI=1S/C23H27N5O2/c29-20(30)14-16-5-7-23(8-6-16)9-12-28(13-10-23)19-4-3-17(15-25-19)21-26-18-2-1-11-24-22(18)27-21/h1-4,11,15-16H,5-10,12-14H2,(H,29,30)(H,24,26,27). The Morgan fingerprint density at radius 3 is 2.60 bits per heavy atom. The van der Waals surface area contributed by atoms with Gasteiger partial charge in [-0.1, -0.05) is 0 Å². The van der Waals surface area contributed by atoms with Crippen LogP contribution in [0.1, 0.15) is 44.9 Å². The first kappa shape index (κ1) is 19.0. The fourth-order valence-electron chi connectivity index (χ4n) is 5.15. The summed E-state index contributed by atoms with van der Waals surface area (Å²) >= 11 is 0. The van der Waals surface area contributed by atoms with E-state index in [0.29, 0.717) is 17.8 Å². The molecule has 2 aliphatic rings. The van der Waals surface area contributed by atoms with Crippen molar-refractivity contribution in [2.24, 2.45) is 11.3 Å². The van der Waals surface area contributed by atoms with Gasteiger partial charge in [-0.2, -0.15) is 0 Å². The fraction of sp³-hybridized carbons (Fsp3) is 0.478. The molecule has 0 atom stereocenters. The summed E-state index contributed by atoms with van der Waals surface area (Å²) in [4.78, 5) is 30.2. The Labute approximate surface area is 175 Å². The van der Waals surface area contributed by atoms with Gasteiger partial charge in [0, 0.05) is 37.5 Å². The summed E-state index contributed by atoms with van der Waals surface area (Å²) in [6, 6.07) is 8.02. The molecular formula is C23H27N5O2. The Balaban J connectivity index is 1.21. The van der Waals surface area contributed by atoms with E-state index in [1.165, 1.54) is 25.7 Å². The molecule has 7 nitrogen and oxygen atoms in total. The number of aliphatic carboxylic acids is 1. The molecule has 0 unspecified atom stereocenters. The summed E-state index contributed by atoms with van der Waals surface area (Å²) in [5.74, 6) is 1.52. The summed E-state index contributed by atoms with van der Waals surface area (Å²) < 4.78 is 0. The smallest absolute Gasteiger partial charge is 0.303 e. The van der Waals surface area contributed by atoms with E-state index in [0.717, 1.165) is 54.3 Å². The maximum Gasteiger partial charge on any atom is 0.303 e. The minimum absolute atomic E-state index is 0.333. The predicted molar refractivity (Wildman–Crippen MR) is 115 cm³/mol. The zero-order chi connectivity index (χ0) is 20.6. The van der Waals surface area contributed by atoms with Gasteiger partial charge in [-0.3, -0.25) is 4.79 Å². The average Bonchev–Trinajstić information content (AvgIpc) is 3.20. The largest absolute Gasteiger partial charge is 0.481 e. The highest BCUT2D eigenvalue weighted by molar-refractivity contribution is 5.75. The van der Waals surface area contributed by atoms with E-state index in [1.54, 1.807) is 6.20 Å². The van der Waals surface area contributed by atoms with Crippen molar-refractivity contribution in [2.75, 3.05) is 18.0 Å². The normalized spacial score (nSPS) is 19.4. The monoisotopic (exact) mass is 405 g/mol. The molecule has 0 amide bonds. The van der Waals surface area contributed by atoms with E-state index >= 15 is 0 Å². The molecule has 30 heavy (non-hydrogen) atoms. The first-order chi connectivity index (χ1) is 14.6. The molecule has 1 saturated heterocycles. The number of anilines is 1. The zero-order valence-electron chi connectivity index (χ0n) is 17.0. The number of hydrogen-bond acceptors (Lipinski definition) is 5. The highest BCUT2D eigenvalue weighted by Gasteiger charge is 2.38. The molecule has 3 aromatic heterocycles. The van der Waals surface area contributed by atoms with Gasteiger partial charge in [0.1, 0.15) is 11.6 Å². The van der Waals surface area contributed by atoms with Crippen molar-refractivity contribution < 1.29 is 9.90 Å². The number of carboxylic acids is 1. The molecule has 0 bridgehead atoms. The summed E-state index contributed by atoms with van der Waals surface area (Å²) in [6.07, 6.45) is 10.8. The first-order valence-corrected chi connectivity index (χ1v) is 10.8. The predicted octanol–water partition coefficient (Wildman–Crippen LogP) is 4.27. The van der Waals surface area contributed by atoms with Crippen LogP contribution >= 0.6 is 0 Å². The number of carbonyl (C=O) groups is 1. The quantitative estimate of drug-likeness (QED) is 0.673. The molecular weight excluding hydrogens is 378 g/mol. The lowest BCUT2D eigenvalue weighted by Crippen LogP contribution is -2.42. The van der Waals surface area contributed by atoms with Crippen molar-refractivity contribution >= 4 is 23.0 Å². The van der Waals surface area contributed by atoms with Gasteiger partial charge in [-0.05, 0) is 74.1 Å². The number of aromatic amines is 1. The van der Waals surface area contributed by atoms with Gasteiger partial charge in [0.25, 0.3) is 0 Å². The SMILES string of the molecule is O=C(O)CC1CCC2(CC1)CCN(c1ccc(-c3nc4ncccc4[nH]3)cn1)CC2. The Bertz CT molecular complexity index is 994. The minimum Gasteiger partial charge on any atom is -0.481 e. The molecule has 3 aromatic rings. The topological polar surface area (TPSA) is 95.0 Å². The molecule has 1 aliphatic heterocycles. The number of rotatable bonds is 4. The summed E-state index contributed by atoms with van der Waals surface area (Å²) in [6.45, 7) is 2.04. The van der Waals surface area contributed by atoms with Crippen LogP contribution in [-0.2, 0) is 4.79 Å². The third kappa shape index (κ3) is 3.76. The number of nitrogens with zero attached hydrogens (tertiary/aromatic N) is 4. The second kappa shape index (κ2) is 7.70. The van der Waals surface area contributed by atoms with Crippen LogP contribution in [0.25, 0.3) is 22.6 Å². The van der Waals surface area contributed by atoms with E-state index in [-0.39, 0.29) is 0 Å². The number of aromatic nitrogens is 4. The first-order valence-electron chi connectivity index (χ1n) is 10.8. The molecule has 156 valence electrons. The van der Waals surface area contributed by atoms with Crippen molar-refractivity contribution in [3.63, 3.8) is 0 Å². The zero-order valence-corrected chi connectivity index (χ0v) is 17.0. The van der Waals surface area contributed by atoms with Crippen LogP contribution in [0.2, 0.25) is 0 Å². The van der Waals surface area contributed by atoms with E-state index < -0.39 is 5.97 Å². The van der Waals surface area contributed by atoms with Gasteiger partial charge >= 0.3 is 5.97 Å². The number of carboxylic acid groups (broad SMARTS) is 1. The molecule has 2 fully saturated rings. The van der Waals surface area contributed by atoms with Crippen LogP contribution in [0.5, 0.6) is 0 Å². The van der Waals surface area contributed by atoms with E-state index in [2.05, 4.69) is 32.0 Å². The lowest BCUT2D eigenvalue weighted by Gasteiger charge is -2.46. The number of imidazole rings is 1. The van der Waals surface area contributed by atoms with Crippen LogP contribution < -0.4 is 4.90 Å². The Morgan fingerprint density at radius 2 is 1.93 bits per heavy atom. The van der Waals surface area contributed by atoms with Crippen molar-refractivity contribution in [1.29, 1.82) is 0 Å². The van der Waals surface area contributed by atoms with Crippen LogP contribution in [0.15, 0.2) is 36.7 Å². The minimum atomic E-state index is -0.654. The van der Waals surface area contributed by atoms with Crippen molar-refractivity contribution in [1.82, 2.24) is 19.9 Å². The van der Waals surface area contributed by atoms with Gasteiger partial charge in [-0.25, -0.2) is 15.0 Å². The molecule has 1 spiro atoms. The van der Waals surface area contributed by atoms with Gasteiger partial charge < -0.3 is 15.0 Å². The summed E-state index contributed by atoms with van der Waals surface area (Å²) in [7, 11) is 0. The van der Waals surface area contributed by atoms with Crippen LogP contribution in [0.4, 0.5) is 5.82 Å². The van der Waals surface area contributed by atoms with E-state index in [4.69, 9.17) is 10.1 Å². The van der Waals surface area contributed by atoms with Gasteiger partial charge in [-0.15, -0.1) is 0 Å². The Morgan fingerprint density at radius 1 is 1.13 bits per heavy atom. The number of nitrogens with one attached hydrogen (secondary N) is 1. The van der Waals surface area contributed by atoms with Crippen LogP contribution in [0.3, 0.4) is 0 Å².